The minimum absolute atomic E-state index is 0.955. The van der Waals surface area contributed by atoms with Gasteiger partial charge in [-0.15, -0.1) is 0 Å². The summed E-state index contributed by atoms with van der Waals surface area (Å²) in [5, 5.41) is 3.05. The highest BCUT2D eigenvalue weighted by molar-refractivity contribution is 5.08. The fourth-order valence-electron chi connectivity index (χ4n) is 0.584. The number of hydrogen-bond acceptors (Lipinski definition) is 1. The van der Waals surface area contributed by atoms with Gasteiger partial charge in [-0.2, -0.15) is 0 Å². The normalized spacial score (nSPS) is 19.1. The molecule has 0 aromatic heterocycles. The van der Waals surface area contributed by atoms with Crippen molar-refractivity contribution in [1.82, 2.24) is 5.32 Å². The number of hydrogen-bond donors (Lipinski definition) is 1. The first-order valence-corrected chi connectivity index (χ1v) is 2.44. The van der Waals surface area contributed by atoms with Crippen molar-refractivity contribution in [2.24, 2.45) is 0 Å². The third-order valence-corrected chi connectivity index (χ3v) is 0.994. The third kappa shape index (κ3) is 1.07. The van der Waals surface area contributed by atoms with Crippen molar-refractivity contribution in [2.75, 3.05) is 6.54 Å². The second-order valence-electron chi connectivity index (χ2n) is 1.74. The molecule has 1 heterocycles. The Bertz CT molecular complexity index is 103. The topological polar surface area (TPSA) is 12.0 Å². The molecule has 0 amide bonds. The van der Waals surface area contributed by atoms with Crippen molar-refractivity contribution < 1.29 is 0 Å². The Morgan fingerprint density at radius 2 is 2.57 bits per heavy atom. The van der Waals surface area contributed by atoms with Crippen LogP contribution in [0.5, 0.6) is 0 Å². The van der Waals surface area contributed by atoms with Gasteiger partial charge in [-0.05, 0) is 12.6 Å². The van der Waals surface area contributed by atoms with Crippen molar-refractivity contribution >= 4 is 0 Å². The lowest BCUT2D eigenvalue weighted by molar-refractivity contribution is 0.874. The van der Waals surface area contributed by atoms with Crippen LogP contribution >= 0.6 is 0 Å². The van der Waals surface area contributed by atoms with Gasteiger partial charge in [-0.3, -0.25) is 0 Å². The second-order valence-corrected chi connectivity index (χ2v) is 1.74. The average Bonchev–Trinajstić information content (AvgIpc) is 1.69. The molecule has 1 N–H and O–H groups in total. The highest BCUT2D eigenvalue weighted by atomic mass is 14.8. The number of rotatable bonds is 0. The Labute approximate surface area is 43.7 Å². The molecule has 1 aliphatic rings. The van der Waals surface area contributed by atoms with E-state index in [0.717, 1.165) is 13.0 Å². The Morgan fingerprint density at radius 3 is 2.86 bits per heavy atom. The SMILES string of the molecule is C=C1CC=CNC1. The Morgan fingerprint density at radius 1 is 1.71 bits per heavy atom. The Hall–Kier alpha value is -0.720. The lowest BCUT2D eigenvalue weighted by Crippen LogP contribution is -2.12. The minimum atomic E-state index is 0.955. The lowest BCUT2D eigenvalue weighted by atomic mass is 10.2. The van der Waals surface area contributed by atoms with Gasteiger partial charge in [0.2, 0.25) is 0 Å². The molecular formula is C6H9N. The molecule has 38 valence electrons. The van der Waals surface area contributed by atoms with Gasteiger partial charge in [0.25, 0.3) is 0 Å². The predicted molar refractivity (Wildman–Crippen MR) is 30.9 cm³/mol. The zero-order valence-corrected chi connectivity index (χ0v) is 4.28. The van der Waals surface area contributed by atoms with Gasteiger partial charge in [0.05, 0.1) is 0 Å². The van der Waals surface area contributed by atoms with Crippen LogP contribution in [0.4, 0.5) is 0 Å². The Balaban J connectivity index is 2.47. The molecule has 1 heteroatoms. The summed E-state index contributed by atoms with van der Waals surface area (Å²) in [5.74, 6) is 0. The highest BCUT2D eigenvalue weighted by Gasteiger charge is 1.91. The summed E-state index contributed by atoms with van der Waals surface area (Å²) in [7, 11) is 0. The summed E-state index contributed by atoms with van der Waals surface area (Å²) in [6.07, 6.45) is 5.09. The van der Waals surface area contributed by atoms with E-state index in [1.165, 1.54) is 5.57 Å². The van der Waals surface area contributed by atoms with E-state index in [2.05, 4.69) is 18.0 Å². The van der Waals surface area contributed by atoms with Gasteiger partial charge in [0.15, 0.2) is 0 Å². The zero-order valence-electron chi connectivity index (χ0n) is 4.28. The fraction of sp³-hybridized carbons (Fsp3) is 0.333. The molecule has 0 aromatic rings. The van der Waals surface area contributed by atoms with Gasteiger partial charge in [0.1, 0.15) is 0 Å². The van der Waals surface area contributed by atoms with Crippen LogP contribution in [-0.2, 0) is 0 Å². The molecule has 0 radical (unpaired) electrons. The van der Waals surface area contributed by atoms with Crippen molar-refractivity contribution in [3.05, 3.63) is 24.4 Å². The molecule has 0 aromatic carbocycles. The van der Waals surface area contributed by atoms with Crippen LogP contribution < -0.4 is 5.32 Å². The van der Waals surface area contributed by atoms with Crippen molar-refractivity contribution in [3.8, 4) is 0 Å². The summed E-state index contributed by atoms with van der Waals surface area (Å²) in [4.78, 5) is 0. The fourth-order valence-corrected chi connectivity index (χ4v) is 0.584. The summed E-state index contributed by atoms with van der Waals surface area (Å²) < 4.78 is 0. The van der Waals surface area contributed by atoms with Crippen LogP contribution in [0.25, 0.3) is 0 Å². The van der Waals surface area contributed by atoms with Crippen molar-refractivity contribution in [2.45, 2.75) is 6.42 Å². The maximum atomic E-state index is 3.80. The van der Waals surface area contributed by atoms with Crippen LogP contribution in [0.15, 0.2) is 24.4 Å². The smallest absolute Gasteiger partial charge is 0.0355 e. The Kier molecular flexibility index (Phi) is 1.16. The molecule has 1 nitrogen and oxygen atoms in total. The monoisotopic (exact) mass is 95.1 g/mol. The van der Waals surface area contributed by atoms with E-state index in [-0.39, 0.29) is 0 Å². The van der Waals surface area contributed by atoms with E-state index >= 15 is 0 Å². The van der Waals surface area contributed by atoms with Gasteiger partial charge in [-0.25, -0.2) is 0 Å². The third-order valence-electron chi connectivity index (χ3n) is 0.994. The van der Waals surface area contributed by atoms with Crippen LogP contribution in [0.2, 0.25) is 0 Å². The first kappa shape index (κ1) is 4.44. The zero-order chi connectivity index (χ0) is 5.11. The second kappa shape index (κ2) is 1.82. The van der Waals surface area contributed by atoms with Crippen LogP contribution in [0.3, 0.4) is 0 Å². The quantitative estimate of drug-likeness (QED) is 0.443. The summed E-state index contributed by atoms with van der Waals surface area (Å²) in [6.45, 7) is 4.76. The molecule has 0 unspecified atom stereocenters. The lowest BCUT2D eigenvalue weighted by Gasteiger charge is -2.06. The standard InChI is InChI=1S/C6H9N/c1-6-3-2-4-7-5-6/h2,4,7H,1,3,5H2. The first-order chi connectivity index (χ1) is 3.39. The molecule has 0 fully saturated rings. The molecule has 0 saturated heterocycles. The molecule has 1 rings (SSSR count). The van der Waals surface area contributed by atoms with E-state index in [1.54, 1.807) is 0 Å². The largest absolute Gasteiger partial charge is 0.387 e. The van der Waals surface area contributed by atoms with E-state index in [0.29, 0.717) is 0 Å². The molecule has 0 saturated carbocycles. The van der Waals surface area contributed by atoms with Gasteiger partial charge < -0.3 is 5.32 Å². The summed E-state index contributed by atoms with van der Waals surface area (Å²) >= 11 is 0. The first-order valence-electron chi connectivity index (χ1n) is 2.44. The van der Waals surface area contributed by atoms with Crippen molar-refractivity contribution in [3.63, 3.8) is 0 Å². The van der Waals surface area contributed by atoms with E-state index in [1.807, 2.05) is 6.20 Å². The molecule has 0 spiro atoms. The predicted octanol–water partition coefficient (Wildman–Crippen LogP) is 1.05. The van der Waals surface area contributed by atoms with E-state index in [4.69, 9.17) is 0 Å². The van der Waals surface area contributed by atoms with Crippen molar-refractivity contribution in [1.29, 1.82) is 0 Å². The number of nitrogens with one attached hydrogen (secondary N) is 1. The number of allylic oxidation sites excluding steroid dienone is 1. The van der Waals surface area contributed by atoms with Gasteiger partial charge in [-0.1, -0.05) is 18.2 Å². The minimum Gasteiger partial charge on any atom is -0.387 e. The highest BCUT2D eigenvalue weighted by Crippen LogP contribution is 1.99. The molecule has 0 atom stereocenters. The van der Waals surface area contributed by atoms with E-state index < -0.39 is 0 Å². The molecule has 7 heavy (non-hydrogen) atoms. The summed E-state index contributed by atoms with van der Waals surface area (Å²) in [5.41, 5.74) is 1.27. The molecule has 1 aliphatic heterocycles. The van der Waals surface area contributed by atoms with Gasteiger partial charge in [0, 0.05) is 6.54 Å². The van der Waals surface area contributed by atoms with Gasteiger partial charge >= 0.3 is 0 Å². The molecular weight excluding hydrogens is 86.1 g/mol. The molecule has 0 aliphatic carbocycles. The molecule has 0 bridgehead atoms. The van der Waals surface area contributed by atoms with Crippen LogP contribution in [0, 0.1) is 0 Å². The maximum Gasteiger partial charge on any atom is 0.0355 e. The van der Waals surface area contributed by atoms with Crippen LogP contribution in [0.1, 0.15) is 6.42 Å². The van der Waals surface area contributed by atoms with E-state index in [9.17, 15) is 0 Å². The maximum absolute atomic E-state index is 3.80. The van der Waals surface area contributed by atoms with Crippen LogP contribution in [-0.4, -0.2) is 6.54 Å². The summed E-state index contributed by atoms with van der Waals surface area (Å²) in [6, 6.07) is 0. The average molecular weight is 95.1 g/mol.